The highest BCUT2D eigenvalue weighted by molar-refractivity contribution is 7.89. The first-order chi connectivity index (χ1) is 10.4. The average Bonchev–Trinajstić information content (AvgIpc) is 2.84. The van der Waals surface area contributed by atoms with Gasteiger partial charge in [-0.2, -0.15) is 9.57 Å². The zero-order valence-corrected chi connectivity index (χ0v) is 15.1. The third-order valence-electron chi connectivity index (χ3n) is 4.68. The van der Waals surface area contributed by atoms with Crippen molar-refractivity contribution in [3.8, 4) is 6.07 Å². The van der Waals surface area contributed by atoms with Crippen LogP contribution in [0.4, 0.5) is 0 Å². The molecule has 2 atom stereocenters. The summed E-state index contributed by atoms with van der Waals surface area (Å²) in [7, 11) is -2.02. The van der Waals surface area contributed by atoms with Gasteiger partial charge in [0.2, 0.25) is 10.0 Å². The normalized spacial score (nSPS) is 26.6. The highest BCUT2D eigenvalue weighted by Crippen LogP contribution is 2.33. The molecule has 0 radical (unpaired) electrons. The van der Waals surface area contributed by atoms with Crippen LogP contribution < -0.4 is 5.32 Å². The van der Waals surface area contributed by atoms with Gasteiger partial charge < -0.3 is 5.32 Å². The number of nitrogens with zero attached hydrogens (tertiary/aromatic N) is 2. The van der Waals surface area contributed by atoms with Crippen LogP contribution in [0.1, 0.15) is 31.2 Å². The van der Waals surface area contributed by atoms with Crippen molar-refractivity contribution in [3.63, 3.8) is 0 Å². The van der Waals surface area contributed by atoms with E-state index in [2.05, 4.69) is 5.32 Å². The molecular weight excluding hydrogens is 357 g/mol. The van der Waals surface area contributed by atoms with Crippen molar-refractivity contribution in [1.82, 2.24) is 9.62 Å². The lowest BCUT2D eigenvalue weighted by molar-refractivity contribution is 0.251. The van der Waals surface area contributed by atoms with Crippen molar-refractivity contribution >= 4 is 34.0 Å². The van der Waals surface area contributed by atoms with Crippen LogP contribution in [0.25, 0.3) is 0 Å². The summed E-state index contributed by atoms with van der Waals surface area (Å²) in [6.45, 7) is 0. The Morgan fingerprint density at radius 2 is 1.91 bits per heavy atom. The lowest BCUT2D eigenvalue weighted by Crippen LogP contribution is -2.48. The third kappa shape index (κ3) is 3.49. The van der Waals surface area contributed by atoms with E-state index in [1.165, 1.54) is 22.5 Å². The fraction of sp³-hybridized carbons (Fsp3) is 0.533. The molecule has 5 nitrogen and oxygen atoms in total. The Morgan fingerprint density at radius 3 is 2.43 bits per heavy atom. The summed E-state index contributed by atoms with van der Waals surface area (Å²) in [5.74, 6) is 0. The first-order valence-corrected chi connectivity index (χ1v) is 9.17. The van der Waals surface area contributed by atoms with Crippen molar-refractivity contribution in [2.24, 2.45) is 0 Å². The fourth-order valence-corrected chi connectivity index (χ4v) is 5.35. The van der Waals surface area contributed by atoms with Gasteiger partial charge in [-0.25, -0.2) is 8.42 Å². The Labute approximate surface area is 148 Å². The van der Waals surface area contributed by atoms with Crippen LogP contribution >= 0.6 is 24.0 Å². The standard InChI is InChI=1S/C15H18ClN3O2S.ClH/c1-19(13-7-11-3-4-12(8-13)18-11)22(20,21)15-5-2-10(9-17)6-14(15)16;/h2,5-6,11-13,18H,3-4,7-8H2,1H3;1H. The SMILES string of the molecule is CN(C1CC2CCC(C1)N2)S(=O)(=O)c1ccc(C#N)cc1Cl.Cl. The second-order valence-electron chi connectivity index (χ2n) is 6.04. The van der Waals surface area contributed by atoms with Gasteiger partial charge in [0, 0.05) is 25.2 Å². The molecule has 2 aliphatic rings. The van der Waals surface area contributed by atoms with Crippen molar-refractivity contribution in [2.45, 2.75) is 48.7 Å². The van der Waals surface area contributed by atoms with Crippen molar-refractivity contribution in [1.29, 1.82) is 5.26 Å². The van der Waals surface area contributed by atoms with E-state index in [0.29, 0.717) is 17.6 Å². The average molecular weight is 376 g/mol. The summed E-state index contributed by atoms with van der Waals surface area (Å²) in [6.07, 6.45) is 3.90. The number of hydrogen-bond donors (Lipinski definition) is 1. The van der Waals surface area contributed by atoms with Gasteiger partial charge in [0.05, 0.1) is 16.7 Å². The van der Waals surface area contributed by atoms with Crippen molar-refractivity contribution in [3.05, 3.63) is 28.8 Å². The van der Waals surface area contributed by atoms with E-state index in [1.54, 1.807) is 7.05 Å². The molecule has 0 spiro atoms. The van der Waals surface area contributed by atoms with Gasteiger partial charge in [-0.05, 0) is 43.9 Å². The second kappa shape index (κ2) is 6.96. The molecule has 0 saturated carbocycles. The Hall–Kier alpha value is -0.840. The summed E-state index contributed by atoms with van der Waals surface area (Å²) in [6, 6.07) is 7.08. The summed E-state index contributed by atoms with van der Waals surface area (Å²) in [5.41, 5.74) is 0.353. The molecule has 2 unspecified atom stereocenters. The highest BCUT2D eigenvalue weighted by atomic mass is 35.5. The minimum absolute atomic E-state index is 0. The Bertz CT molecular complexity index is 721. The second-order valence-corrected chi connectivity index (χ2v) is 8.41. The molecule has 0 amide bonds. The molecule has 23 heavy (non-hydrogen) atoms. The molecule has 126 valence electrons. The zero-order valence-electron chi connectivity index (χ0n) is 12.7. The fourth-order valence-electron chi connectivity index (χ4n) is 3.46. The maximum atomic E-state index is 12.8. The number of nitrogens with one attached hydrogen (secondary N) is 1. The molecule has 1 aromatic rings. The molecule has 0 aliphatic carbocycles. The summed E-state index contributed by atoms with van der Waals surface area (Å²) >= 11 is 6.08. The minimum atomic E-state index is -3.65. The molecule has 8 heteroatoms. The number of nitriles is 1. The largest absolute Gasteiger partial charge is 0.311 e. The van der Waals surface area contributed by atoms with E-state index >= 15 is 0 Å². The first kappa shape index (κ1) is 18.5. The number of benzene rings is 1. The molecule has 2 aliphatic heterocycles. The predicted octanol–water partition coefficient (Wildman–Crippen LogP) is 2.54. The van der Waals surface area contributed by atoms with Crippen molar-refractivity contribution < 1.29 is 8.42 Å². The van der Waals surface area contributed by atoms with E-state index in [1.807, 2.05) is 6.07 Å². The summed E-state index contributed by atoms with van der Waals surface area (Å²) in [4.78, 5) is 0.0709. The highest BCUT2D eigenvalue weighted by Gasteiger charge is 2.39. The number of hydrogen-bond acceptors (Lipinski definition) is 4. The van der Waals surface area contributed by atoms with Crippen LogP contribution in [-0.4, -0.2) is 37.9 Å². The number of sulfonamides is 1. The smallest absolute Gasteiger partial charge is 0.244 e. The van der Waals surface area contributed by atoms with Crippen LogP contribution in [0.3, 0.4) is 0 Å². The maximum Gasteiger partial charge on any atom is 0.244 e. The molecule has 1 aromatic carbocycles. The van der Waals surface area contributed by atoms with Gasteiger partial charge in [0.1, 0.15) is 4.90 Å². The number of halogens is 2. The summed E-state index contributed by atoms with van der Waals surface area (Å²) < 4.78 is 27.1. The molecule has 2 heterocycles. The van der Waals surface area contributed by atoms with Crippen LogP contribution in [0, 0.1) is 11.3 Å². The number of fused-ring (bicyclic) bond motifs is 2. The van der Waals surface area contributed by atoms with Gasteiger partial charge >= 0.3 is 0 Å². The molecule has 0 aromatic heterocycles. The lowest BCUT2D eigenvalue weighted by Gasteiger charge is -2.35. The van der Waals surface area contributed by atoms with E-state index in [9.17, 15) is 8.42 Å². The molecule has 2 fully saturated rings. The maximum absolute atomic E-state index is 12.8. The number of rotatable bonds is 3. The predicted molar refractivity (Wildman–Crippen MR) is 91.3 cm³/mol. The Morgan fingerprint density at radius 1 is 1.30 bits per heavy atom. The third-order valence-corrected chi connectivity index (χ3v) is 7.07. The summed E-state index contributed by atoms with van der Waals surface area (Å²) in [5, 5.41) is 12.5. The van der Waals surface area contributed by atoms with Gasteiger partial charge in [-0.3, -0.25) is 0 Å². The molecule has 2 saturated heterocycles. The first-order valence-electron chi connectivity index (χ1n) is 7.35. The molecule has 2 bridgehead atoms. The monoisotopic (exact) mass is 375 g/mol. The van der Waals surface area contributed by atoms with Crippen LogP contribution in [-0.2, 0) is 10.0 Å². The quantitative estimate of drug-likeness (QED) is 0.880. The van der Waals surface area contributed by atoms with Crippen LogP contribution in [0.5, 0.6) is 0 Å². The Balaban J connectivity index is 0.00000192. The van der Waals surface area contributed by atoms with Crippen LogP contribution in [0.15, 0.2) is 23.1 Å². The van der Waals surface area contributed by atoms with Gasteiger partial charge in [0.15, 0.2) is 0 Å². The van der Waals surface area contributed by atoms with Gasteiger partial charge in [-0.1, -0.05) is 11.6 Å². The minimum Gasteiger partial charge on any atom is -0.311 e. The molecular formula is C15H19Cl2N3O2S. The number of piperidine rings is 1. The topological polar surface area (TPSA) is 73.2 Å². The van der Waals surface area contributed by atoms with E-state index < -0.39 is 10.0 Å². The van der Waals surface area contributed by atoms with Crippen LogP contribution in [0.2, 0.25) is 5.02 Å². The lowest BCUT2D eigenvalue weighted by atomic mass is 10.0. The van der Waals surface area contributed by atoms with E-state index in [-0.39, 0.29) is 28.4 Å². The van der Waals surface area contributed by atoms with Crippen molar-refractivity contribution in [2.75, 3.05) is 7.05 Å². The Kier molecular flexibility index (Phi) is 5.59. The van der Waals surface area contributed by atoms with Gasteiger partial charge in [-0.15, -0.1) is 12.4 Å². The zero-order chi connectivity index (χ0) is 15.9. The molecule has 1 N–H and O–H groups in total. The van der Waals surface area contributed by atoms with E-state index in [4.69, 9.17) is 16.9 Å². The van der Waals surface area contributed by atoms with E-state index in [0.717, 1.165) is 25.7 Å². The molecule has 3 rings (SSSR count). The van der Waals surface area contributed by atoms with Gasteiger partial charge in [0.25, 0.3) is 0 Å².